The number of anilines is 1. The molecule has 0 saturated carbocycles. The number of benzene rings is 3. The normalized spacial score (nSPS) is 15.2. The maximum atomic E-state index is 13.1. The summed E-state index contributed by atoms with van der Waals surface area (Å²) in [5, 5.41) is 2.79. The molecular weight excluding hydrogens is 492 g/mol. The summed E-state index contributed by atoms with van der Waals surface area (Å²) in [6.07, 6.45) is 1.82. The molecular formula is C28H26N2O4S2. The van der Waals surface area contributed by atoms with Crippen LogP contribution in [0.25, 0.3) is 6.08 Å². The summed E-state index contributed by atoms with van der Waals surface area (Å²) in [6.45, 7) is 4.35. The minimum atomic E-state index is -0.264. The fraction of sp³-hybridized carbons (Fsp3) is 0.179. The smallest absolute Gasteiger partial charge is 0.266 e. The number of thiocarbonyl (C=S) groups is 1. The number of ether oxygens (including phenoxy) is 2. The molecule has 0 unspecified atom stereocenters. The lowest BCUT2D eigenvalue weighted by atomic mass is 10.1. The van der Waals surface area contributed by atoms with E-state index in [-0.39, 0.29) is 24.5 Å². The maximum absolute atomic E-state index is 13.1. The zero-order chi connectivity index (χ0) is 25.5. The summed E-state index contributed by atoms with van der Waals surface area (Å²) in [5.41, 5.74) is 2.54. The van der Waals surface area contributed by atoms with Crippen LogP contribution >= 0.6 is 24.0 Å². The first-order valence-corrected chi connectivity index (χ1v) is 12.7. The van der Waals surface area contributed by atoms with Crippen LogP contribution in [0, 0.1) is 0 Å². The Labute approximate surface area is 220 Å². The van der Waals surface area contributed by atoms with E-state index >= 15 is 0 Å². The minimum absolute atomic E-state index is 0.104. The molecule has 2 amide bonds. The molecule has 1 aliphatic heterocycles. The Hall–Kier alpha value is -3.62. The molecule has 36 heavy (non-hydrogen) atoms. The summed E-state index contributed by atoms with van der Waals surface area (Å²) >= 11 is 6.79. The molecule has 0 radical (unpaired) electrons. The van der Waals surface area contributed by atoms with Crippen molar-refractivity contribution in [2.45, 2.75) is 19.9 Å². The van der Waals surface area contributed by atoms with Crippen molar-refractivity contribution in [1.29, 1.82) is 0 Å². The van der Waals surface area contributed by atoms with E-state index in [0.717, 1.165) is 16.9 Å². The second-order valence-electron chi connectivity index (χ2n) is 8.00. The number of carbonyl (C=O) groups is 2. The molecule has 4 rings (SSSR count). The van der Waals surface area contributed by atoms with Crippen LogP contribution in [0.2, 0.25) is 0 Å². The zero-order valence-corrected chi connectivity index (χ0v) is 21.6. The van der Waals surface area contributed by atoms with Crippen LogP contribution in [0.5, 0.6) is 11.5 Å². The predicted molar refractivity (Wildman–Crippen MR) is 148 cm³/mol. The third-order valence-corrected chi connectivity index (χ3v) is 6.82. The second-order valence-corrected chi connectivity index (χ2v) is 9.68. The average Bonchev–Trinajstić information content (AvgIpc) is 3.17. The molecule has 1 aliphatic rings. The van der Waals surface area contributed by atoms with Gasteiger partial charge in [-0.3, -0.25) is 14.5 Å². The molecule has 0 aromatic heterocycles. The molecule has 3 aromatic carbocycles. The van der Waals surface area contributed by atoms with Gasteiger partial charge in [0.15, 0.2) is 6.61 Å². The van der Waals surface area contributed by atoms with E-state index in [1.807, 2.05) is 62.4 Å². The van der Waals surface area contributed by atoms with Crippen molar-refractivity contribution < 1.29 is 19.1 Å². The van der Waals surface area contributed by atoms with Gasteiger partial charge in [0.05, 0.1) is 17.6 Å². The Bertz CT molecular complexity index is 1260. The van der Waals surface area contributed by atoms with Crippen LogP contribution in [0.1, 0.15) is 31.0 Å². The standard InChI is InChI=1S/C28H26N2O4S2/c1-3-33-23-15-11-22(12-16-23)29-26(31)18-34-24-13-9-20(10-14-24)17-25-27(32)30(28(35)36-25)19(2)21-7-5-4-6-8-21/h4-17,19H,3,18H2,1-2H3,(H,29,31)/b25-17-/t19-/m1/s1. The third-order valence-electron chi connectivity index (χ3n) is 5.49. The number of amides is 2. The van der Waals surface area contributed by atoms with Crippen LogP contribution in [0.3, 0.4) is 0 Å². The first-order valence-electron chi connectivity index (χ1n) is 11.5. The summed E-state index contributed by atoms with van der Waals surface area (Å²) in [5.74, 6) is 0.936. The van der Waals surface area contributed by atoms with Gasteiger partial charge in [0.25, 0.3) is 11.8 Å². The lowest BCUT2D eigenvalue weighted by Crippen LogP contribution is -2.30. The number of hydrogen-bond donors (Lipinski definition) is 1. The fourth-order valence-corrected chi connectivity index (χ4v) is 5.07. The highest BCUT2D eigenvalue weighted by Gasteiger charge is 2.35. The molecule has 184 valence electrons. The van der Waals surface area contributed by atoms with Crippen molar-refractivity contribution >= 4 is 51.9 Å². The Morgan fingerprint density at radius 3 is 2.31 bits per heavy atom. The first-order chi connectivity index (χ1) is 17.4. The van der Waals surface area contributed by atoms with Gasteiger partial charge in [0.2, 0.25) is 0 Å². The molecule has 1 fully saturated rings. The van der Waals surface area contributed by atoms with Crippen LogP contribution in [0.4, 0.5) is 5.69 Å². The zero-order valence-electron chi connectivity index (χ0n) is 20.0. The number of carbonyl (C=O) groups excluding carboxylic acids is 2. The Kier molecular flexibility index (Phi) is 8.40. The van der Waals surface area contributed by atoms with Gasteiger partial charge < -0.3 is 14.8 Å². The van der Waals surface area contributed by atoms with E-state index in [9.17, 15) is 9.59 Å². The van der Waals surface area contributed by atoms with Gasteiger partial charge in [-0.15, -0.1) is 0 Å². The molecule has 0 bridgehead atoms. The number of rotatable bonds is 9. The number of thioether (sulfide) groups is 1. The maximum Gasteiger partial charge on any atom is 0.266 e. The molecule has 0 aliphatic carbocycles. The van der Waals surface area contributed by atoms with Gasteiger partial charge in [-0.05, 0) is 67.4 Å². The van der Waals surface area contributed by atoms with Crippen molar-refractivity contribution in [2.75, 3.05) is 18.5 Å². The monoisotopic (exact) mass is 518 g/mol. The SMILES string of the molecule is CCOc1ccc(NC(=O)COc2ccc(/C=C3\SC(=S)N([C@H](C)c4ccccc4)C3=O)cc2)cc1. The predicted octanol–water partition coefficient (Wildman–Crippen LogP) is 6.07. The van der Waals surface area contributed by atoms with Gasteiger partial charge in [0, 0.05) is 5.69 Å². The highest BCUT2D eigenvalue weighted by Crippen LogP contribution is 2.38. The van der Waals surface area contributed by atoms with Crippen LogP contribution < -0.4 is 14.8 Å². The highest BCUT2D eigenvalue weighted by atomic mass is 32.2. The molecule has 1 N–H and O–H groups in total. The van der Waals surface area contributed by atoms with Gasteiger partial charge in [0.1, 0.15) is 15.8 Å². The van der Waals surface area contributed by atoms with E-state index in [1.54, 1.807) is 41.3 Å². The topological polar surface area (TPSA) is 67.9 Å². The summed E-state index contributed by atoms with van der Waals surface area (Å²) in [6, 6.07) is 24.1. The van der Waals surface area contributed by atoms with E-state index in [0.29, 0.717) is 27.3 Å². The number of hydrogen-bond acceptors (Lipinski definition) is 6. The minimum Gasteiger partial charge on any atom is -0.494 e. The Balaban J connectivity index is 1.32. The van der Waals surface area contributed by atoms with E-state index in [4.69, 9.17) is 21.7 Å². The first kappa shape index (κ1) is 25.5. The van der Waals surface area contributed by atoms with E-state index in [1.165, 1.54) is 11.8 Å². The van der Waals surface area contributed by atoms with Crippen LogP contribution in [0.15, 0.2) is 83.8 Å². The van der Waals surface area contributed by atoms with E-state index < -0.39 is 0 Å². The van der Waals surface area contributed by atoms with E-state index in [2.05, 4.69) is 5.32 Å². The van der Waals surface area contributed by atoms with Crippen LogP contribution in [-0.4, -0.2) is 34.2 Å². The molecule has 6 nitrogen and oxygen atoms in total. The van der Waals surface area contributed by atoms with Gasteiger partial charge in [-0.2, -0.15) is 0 Å². The summed E-state index contributed by atoms with van der Waals surface area (Å²) < 4.78 is 11.5. The number of nitrogens with one attached hydrogen (secondary N) is 1. The van der Waals surface area contributed by atoms with Crippen molar-refractivity contribution in [3.05, 3.63) is 94.9 Å². The summed E-state index contributed by atoms with van der Waals surface area (Å²) in [4.78, 5) is 27.5. The quantitative estimate of drug-likeness (QED) is 0.274. The average molecular weight is 519 g/mol. The molecule has 1 heterocycles. The molecule has 1 saturated heterocycles. The summed E-state index contributed by atoms with van der Waals surface area (Å²) in [7, 11) is 0. The van der Waals surface area contributed by atoms with Crippen LogP contribution in [-0.2, 0) is 9.59 Å². The largest absolute Gasteiger partial charge is 0.494 e. The lowest BCUT2D eigenvalue weighted by molar-refractivity contribution is -0.123. The Morgan fingerprint density at radius 2 is 1.64 bits per heavy atom. The lowest BCUT2D eigenvalue weighted by Gasteiger charge is -2.23. The van der Waals surface area contributed by atoms with Gasteiger partial charge in [-0.1, -0.05) is 66.4 Å². The van der Waals surface area contributed by atoms with Crippen molar-refractivity contribution in [2.24, 2.45) is 0 Å². The molecule has 3 aromatic rings. The Morgan fingerprint density at radius 1 is 1.00 bits per heavy atom. The number of nitrogens with zero attached hydrogens (tertiary/aromatic N) is 1. The third kappa shape index (κ3) is 6.33. The fourth-order valence-electron chi connectivity index (χ4n) is 3.65. The van der Waals surface area contributed by atoms with Crippen molar-refractivity contribution in [3.63, 3.8) is 0 Å². The van der Waals surface area contributed by atoms with Gasteiger partial charge in [-0.25, -0.2) is 0 Å². The molecule has 1 atom stereocenters. The van der Waals surface area contributed by atoms with Crippen molar-refractivity contribution in [1.82, 2.24) is 4.90 Å². The second kappa shape index (κ2) is 11.9. The van der Waals surface area contributed by atoms with Crippen molar-refractivity contribution in [3.8, 4) is 11.5 Å². The molecule has 0 spiro atoms. The molecule has 8 heteroatoms. The van der Waals surface area contributed by atoms with Gasteiger partial charge >= 0.3 is 0 Å². The highest BCUT2D eigenvalue weighted by molar-refractivity contribution is 8.26.